The maximum absolute atomic E-state index is 6.25. The van der Waals surface area contributed by atoms with Gasteiger partial charge in [-0.05, 0) is 45.8 Å². The van der Waals surface area contributed by atoms with Crippen LogP contribution in [0.2, 0.25) is 45.8 Å². The van der Waals surface area contributed by atoms with Crippen molar-refractivity contribution in [3.8, 4) is 0 Å². The SMILES string of the molecule is [B][Si](C)(O[Si](C)(C)C=C)O[Si](C)(C)O[Si](C)(C)C=C. The maximum Gasteiger partial charge on any atom is 0.312 e. The largest absolute Gasteiger partial charge is 0.439 e. The molecule has 0 aliphatic rings. The maximum atomic E-state index is 6.25. The molecule has 3 nitrogen and oxygen atoms in total. The summed E-state index contributed by atoms with van der Waals surface area (Å²) in [5.41, 5.74) is 3.77. The lowest BCUT2D eigenvalue weighted by molar-refractivity contribution is 0.346. The lowest BCUT2D eigenvalue weighted by atomic mass is 10.8. The molecule has 0 spiro atoms. The second kappa shape index (κ2) is 6.37. The summed E-state index contributed by atoms with van der Waals surface area (Å²) in [6.45, 7) is 21.8. The van der Waals surface area contributed by atoms with Crippen LogP contribution in [-0.4, -0.2) is 41.1 Å². The zero-order valence-electron chi connectivity index (χ0n) is 13.4. The Morgan fingerprint density at radius 1 is 0.737 bits per heavy atom. The summed E-state index contributed by atoms with van der Waals surface area (Å²) < 4.78 is 18.3. The molecule has 1 atom stereocenters. The van der Waals surface area contributed by atoms with Crippen LogP contribution in [0.4, 0.5) is 0 Å². The van der Waals surface area contributed by atoms with E-state index in [1.807, 2.05) is 31.0 Å². The van der Waals surface area contributed by atoms with Crippen molar-refractivity contribution in [2.24, 2.45) is 0 Å². The fourth-order valence-electron chi connectivity index (χ4n) is 1.77. The Kier molecular flexibility index (Phi) is 6.47. The van der Waals surface area contributed by atoms with Crippen LogP contribution in [0.5, 0.6) is 0 Å². The minimum absolute atomic E-state index is 1.87. The van der Waals surface area contributed by atoms with E-state index in [-0.39, 0.29) is 0 Å². The lowest BCUT2D eigenvalue weighted by Crippen LogP contribution is -2.57. The molecular formula is C11H27BO3Si4. The minimum atomic E-state index is -2.69. The van der Waals surface area contributed by atoms with E-state index < -0.39 is 33.6 Å². The van der Waals surface area contributed by atoms with E-state index in [2.05, 4.69) is 39.3 Å². The third-order valence-electron chi connectivity index (χ3n) is 2.41. The third kappa shape index (κ3) is 8.23. The first kappa shape index (κ1) is 19.3. The Morgan fingerprint density at radius 2 is 1.11 bits per heavy atom. The molecule has 108 valence electrons. The molecule has 0 heterocycles. The van der Waals surface area contributed by atoms with Crippen molar-refractivity contribution in [3.63, 3.8) is 0 Å². The first-order chi connectivity index (χ1) is 8.24. The monoisotopic (exact) mass is 330 g/mol. The van der Waals surface area contributed by atoms with Crippen LogP contribution in [0.3, 0.4) is 0 Å². The van der Waals surface area contributed by atoms with Gasteiger partial charge in [-0.3, -0.25) is 0 Å². The van der Waals surface area contributed by atoms with Gasteiger partial charge in [0.05, 0.1) is 0 Å². The Morgan fingerprint density at radius 3 is 1.47 bits per heavy atom. The molecule has 0 amide bonds. The summed E-state index contributed by atoms with van der Waals surface area (Å²) >= 11 is 0. The molecule has 0 bridgehead atoms. The highest BCUT2D eigenvalue weighted by Gasteiger charge is 2.41. The Bertz CT molecular complexity index is 311. The van der Waals surface area contributed by atoms with Crippen LogP contribution in [0.1, 0.15) is 0 Å². The Balaban J connectivity index is 4.81. The third-order valence-corrected chi connectivity index (χ3v) is 15.8. The van der Waals surface area contributed by atoms with Crippen molar-refractivity contribution in [2.45, 2.75) is 45.8 Å². The summed E-state index contributed by atoms with van der Waals surface area (Å²) in [6.07, 6.45) is 0. The Labute approximate surface area is 124 Å². The van der Waals surface area contributed by atoms with Crippen molar-refractivity contribution in [1.29, 1.82) is 0 Å². The smallest absolute Gasteiger partial charge is 0.312 e. The molecule has 0 aliphatic heterocycles. The fourth-order valence-corrected chi connectivity index (χ4v) is 16.7. The molecular weight excluding hydrogens is 303 g/mol. The molecule has 8 heteroatoms. The van der Waals surface area contributed by atoms with E-state index in [9.17, 15) is 0 Å². The van der Waals surface area contributed by atoms with Crippen LogP contribution in [0, 0.1) is 0 Å². The zero-order chi connectivity index (χ0) is 15.5. The Hall–Kier alpha value is 0.292. The molecule has 0 aromatic rings. The molecule has 0 fully saturated rings. The van der Waals surface area contributed by atoms with E-state index in [4.69, 9.17) is 19.8 Å². The van der Waals surface area contributed by atoms with Gasteiger partial charge >= 0.3 is 8.56 Å². The summed E-state index contributed by atoms with van der Waals surface area (Å²) in [7, 11) is -2.58. The molecule has 19 heavy (non-hydrogen) atoms. The highest BCUT2D eigenvalue weighted by molar-refractivity contribution is 7.14. The predicted octanol–water partition coefficient (Wildman–Crippen LogP) is 3.34. The number of hydrogen-bond acceptors (Lipinski definition) is 3. The molecule has 0 aromatic carbocycles. The van der Waals surface area contributed by atoms with E-state index in [1.54, 1.807) is 0 Å². The van der Waals surface area contributed by atoms with Crippen molar-refractivity contribution >= 4 is 41.1 Å². The fraction of sp³-hybridized carbons (Fsp3) is 0.636. The first-order valence-corrected chi connectivity index (χ1v) is 17.6. The topological polar surface area (TPSA) is 27.7 Å². The van der Waals surface area contributed by atoms with E-state index >= 15 is 0 Å². The van der Waals surface area contributed by atoms with Crippen molar-refractivity contribution in [3.05, 3.63) is 24.6 Å². The molecule has 2 radical (unpaired) electrons. The van der Waals surface area contributed by atoms with E-state index in [1.165, 1.54) is 0 Å². The van der Waals surface area contributed by atoms with Gasteiger partial charge in [0, 0.05) is 0 Å². The van der Waals surface area contributed by atoms with Gasteiger partial charge in [-0.15, -0.1) is 13.2 Å². The second-order valence-electron chi connectivity index (χ2n) is 6.34. The lowest BCUT2D eigenvalue weighted by Gasteiger charge is -2.40. The molecule has 0 rings (SSSR count). The minimum Gasteiger partial charge on any atom is -0.439 e. The summed E-state index contributed by atoms with van der Waals surface area (Å²) in [6, 6.07) is 0. The number of rotatable bonds is 8. The van der Waals surface area contributed by atoms with Gasteiger partial charge in [0.2, 0.25) is 0 Å². The van der Waals surface area contributed by atoms with Gasteiger partial charge in [0.25, 0.3) is 8.43 Å². The van der Waals surface area contributed by atoms with Crippen molar-refractivity contribution < 1.29 is 12.3 Å². The van der Waals surface area contributed by atoms with Crippen LogP contribution in [-0.2, 0) is 12.3 Å². The van der Waals surface area contributed by atoms with Crippen LogP contribution >= 0.6 is 0 Å². The predicted molar refractivity (Wildman–Crippen MR) is 93.5 cm³/mol. The van der Waals surface area contributed by atoms with Gasteiger partial charge in [-0.25, -0.2) is 0 Å². The van der Waals surface area contributed by atoms with Crippen molar-refractivity contribution in [1.82, 2.24) is 0 Å². The molecule has 0 aromatic heterocycles. The molecule has 0 aliphatic carbocycles. The summed E-state index contributed by atoms with van der Waals surface area (Å²) in [5.74, 6) is 0. The normalized spacial score (nSPS) is 16.8. The molecule has 0 saturated heterocycles. The average Bonchev–Trinajstić information content (AvgIpc) is 2.12. The van der Waals surface area contributed by atoms with Gasteiger partial charge in [0.1, 0.15) is 7.44 Å². The average molecular weight is 330 g/mol. The molecule has 1 unspecified atom stereocenters. The van der Waals surface area contributed by atoms with Crippen LogP contribution in [0.15, 0.2) is 24.6 Å². The van der Waals surface area contributed by atoms with Gasteiger partial charge in [0.15, 0.2) is 16.6 Å². The highest BCUT2D eigenvalue weighted by atomic mass is 28.5. The molecule has 0 N–H and O–H groups in total. The van der Waals surface area contributed by atoms with E-state index in [0.29, 0.717) is 0 Å². The standard InChI is InChI=1S/C11H27BO3Si4/c1-10-16(3,4)13-18(7,8)15-19(9,12)14-17(5,6)11-2/h10-11H,1-2H2,3-9H3. The van der Waals surface area contributed by atoms with Gasteiger partial charge < -0.3 is 12.3 Å². The van der Waals surface area contributed by atoms with Gasteiger partial charge in [-0.1, -0.05) is 11.4 Å². The first-order valence-electron chi connectivity index (χ1n) is 6.41. The molecule has 0 saturated carbocycles. The van der Waals surface area contributed by atoms with E-state index in [0.717, 1.165) is 0 Å². The highest BCUT2D eigenvalue weighted by Crippen LogP contribution is 2.22. The number of hydrogen-bond donors (Lipinski definition) is 0. The summed E-state index contributed by atoms with van der Waals surface area (Å²) in [4.78, 5) is 0. The van der Waals surface area contributed by atoms with Gasteiger partial charge in [-0.2, -0.15) is 0 Å². The zero-order valence-corrected chi connectivity index (χ0v) is 17.4. The summed E-state index contributed by atoms with van der Waals surface area (Å²) in [5, 5.41) is 0. The van der Waals surface area contributed by atoms with Crippen LogP contribution in [0.25, 0.3) is 0 Å². The van der Waals surface area contributed by atoms with Crippen LogP contribution < -0.4 is 0 Å². The quantitative estimate of drug-likeness (QED) is 0.639. The second-order valence-corrected chi connectivity index (χ2v) is 20.8. The van der Waals surface area contributed by atoms with Crippen molar-refractivity contribution in [2.75, 3.05) is 0 Å².